The van der Waals surface area contributed by atoms with Crippen molar-refractivity contribution in [2.45, 2.75) is 56.9 Å². The summed E-state index contributed by atoms with van der Waals surface area (Å²) in [6.07, 6.45) is 9.97. The topological polar surface area (TPSA) is 6.48 Å². The lowest BCUT2D eigenvalue weighted by Crippen LogP contribution is -2.51. The molecule has 0 saturated carbocycles. The maximum Gasteiger partial charge on any atom is 0.0136 e. The van der Waals surface area contributed by atoms with Crippen LogP contribution < -0.4 is 0 Å². The largest absolute Gasteiger partial charge is 0.303 e. The Morgan fingerprint density at radius 3 is 2.39 bits per heavy atom. The number of hydrogen-bond donors (Lipinski definition) is 0. The van der Waals surface area contributed by atoms with E-state index >= 15 is 0 Å². The van der Waals surface area contributed by atoms with E-state index in [1.807, 2.05) is 0 Å². The highest BCUT2D eigenvalue weighted by Gasteiger charge is 2.34. The van der Waals surface area contributed by atoms with Gasteiger partial charge in [0.05, 0.1) is 0 Å². The van der Waals surface area contributed by atoms with Crippen molar-refractivity contribution in [3.8, 4) is 0 Å². The fraction of sp³-hybridized carbons (Fsp3) is 0.714. The molecule has 3 aliphatic heterocycles. The number of piperidine rings is 3. The van der Waals surface area contributed by atoms with Crippen molar-refractivity contribution in [3.05, 3.63) is 35.9 Å². The van der Waals surface area contributed by atoms with Crippen LogP contribution in [0.4, 0.5) is 0 Å². The summed E-state index contributed by atoms with van der Waals surface area (Å²) >= 11 is 0. The summed E-state index contributed by atoms with van der Waals surface area (Å²) in [5, 5.41) is 0. The molecule has 3 fully saturated rings. The molecule has 0 amide bonds. The highest BCUT2D eigenvalue weighted by molar-refractivity contribution is 5.20. The van der Waals surface area contributed by atoms with Crippen molar-refractivity contribution in [3.63, 3.8) is 0 Å². The first-order chi connectivity index (χ1) is 11.4. The summed E-state index contributed by atoms with van der Waals surface area (Å²) in [4.78, 5) is 5.59. The molecule has 0 aliphatic carbocycles. The molecule has 3 saturated heterocycles. The first-order valence-electron chi connectivity index (χ1n) is 9.91. The molecule has 23 heavy (non-hydrogen) atoms. The zero-order valence-corrected chi connectivity index (χ0v) is 14.5. The number of nitrogens with zero attached hydrogens (tertiary/aromatic N) is 2. The predicted octanol–water partition coefficient (Wildman–Crippen LogP) is 4.13. The Morgan fingerprint density at radius 1 is 0.783 bits per heavy atom. The van der Waals surface area contributed by atoms with E-state index < -0.39 is 0 Å². The Bertz CT molecular complexity index is 476. The highest BCUT2D eigenvalue weighted by Crippen LogP contribution is 2.33. The third kappa shape index (κ3) is 3.64. The van der Waals surface area contributed by atoms with E-state index in [1.54, 1.807) is 5.56 Å². The first-order valence-corrected chi connectivity index (χ1v) is 9.91. The fourth-order valence-corrected chi connectivity index (χ4v) is 5.30. The first kappa shape index (κ1) is 15.7. The van der Waals surface area contributed by atoms with Gasteiger partial charge in [0.15, 0.2) is 0 Å². The molecule has 1 aromatic rings. The van der Waals surface area contributed by atoms with Crippen LogP contribution in [-0.2, 0) is 0 Å². The number of benzene rings is 1. The van der Waals surface area contributed by atoms with Crippen molar-refractivity contribution >= 4 is 0 Å². The van der Waals surface area contributed by atoms with Crippen molar-refractivity contribution < 1.29 is 0 Å². The second-order valence-corrected chi connectivity index (χ2v) is 7.99. The molecule has 1 aromatic carbocycles. The van der Waals surface area contributed by atoms with Crippen LogP contribution in [0, 0.1) is 5.92 Å². The molecule has 0 spiro atoms. The van der Waals surface area contributed by atoms with Crippen molar-refractivity contribution in [2.75, 3.05) is 32.7 Å². The van der Waals surface area contributed by atoms with E-state index in [4.69, 9.17) is 0 Å². The van der Waals surface area contributed by atoms with Gasteiger partial charge in [0.1, 0.15) is 0 Å². The van der Waals surface area contributed by atoms with Crippen molar-refractivity contribution in [1.82, 2.24) is 9.80 Å². The minimum absolute atomic E-state index is 0.796. The molecule has 0 unspecified atom stereocenters. The van der Waals surface area contributed by atoms with Gasteiger partial charge in [0, 0.05) is 12.6 Å². The molecule has 126 valence electrons. The monoisotopic (exact) mass is 312 g/mol. The zero-order chi connectivity index (χ0) is 15.5. The molecule has 2 atom stereocenters. The van der Waals surface area contributed by atoms with Gasteiger partial charge in [-0.1, -0.05) is 36.8 Å². The normalized spacial score (nSPS) is 31.0. The fourth-order valence-electron chi connectivity index (χ4n) is 5.30. The third-order valence-corrected chi connectivity index (χ3v) is 6.58. The maximum absolute atomic E-state index is 2.81. The van der Waals surface area contributed by atoms with Crippen LogP contribution in [0.5, 0.6) is 0 Å². The summed E-state index contributed by atoms with van der Waals surface area (Å²) in [5.41, 5.74) is 1.56. The van der Waals surface area contributed by atoms with Gasteiger partial charge in [0.25, 0.3) is 0 Å². The number of fused-ring (bicyclic) bond motifs is 1. The van der Waals surface area contributed by atoms with Crippen LogP contribution in [0.15, 0.2) is 30.3 Å². The molecule has 0 radical (unpaired) electrons. The van der Waals surface area contributed by atoms with E-state index in [2.05, 4.69) is 40.1 Å². The molecule has 3 aliphatic rings. The van der Waals surface area contributed by atoms with Gasteiger partial charge in [-0.3, -0.25) is 0 Å². The lowest BCUT2D eigenvalue weighted by Gasteiger charge is -2.46. The number of hydrogen-bond acceptors (Lipinski definition) is 2. The Kier molecular flexibility index (Phi) is 5.01. The molecular weight excluding hydrogens is 280 g/mol. The van der Waals surface area contributed by atoms with Crippen LogP contribution in [-0.4, -0.2) is 48.6 Å². The summed E-state index contributed by atoms with van der Waals surface area (Å²) in [5.74, 6) is 1.74. The van der Waals surface area contributed by atoms with Gasteiger partial charge < -0.3 is 9.80 Å². The Labute approximate surface area is 141 Å². The van der Waals surface area contributed by atoms with Crippen LogP contribution in [0.1, 0.15) is 56.4 Å². The Balaban J connectivity index is 1.30. The highest BCUT2D eigenvalue weighted by atomic mass is 15.2. The van der Waals surface area contributed by atoms with Crippen LogP contribution >= 0.6 is 0 Å². The van der Waals surface area contributed by atoms with Gasteiger partial charge in [0.2, 0.25) is 0 Å². The third-order valence-electron chi connectivity index (χ3n) is 6.58. The van der Waals surface area contributed by atoms with Gasteiger partial charge in [-0.15, -0.1) is 0 Å². The maximum atomic E-state index is 2.81. The van der Waals surface area contributed by atoms with Crippen LogP contribution in [0.2, 0.25) is 0 Å². The average Bonchev–Trinajstić information content (AvgIpc) is 2.63. The molecule has 0 bridgehead atoms. The lowest BCUT2D eigenvalue weighted by molar-refractivity contribution is 0.0359. The molecule has 3 heterocycles. The SMILES string of the molecule is c1ccc(C2CCN(C[C@@H]3CCCN4CCCC[C@H]34)CC2)cc1. The Hall–Kier alpha value is -0.860. The molecule has 2 heteroatoms. The Morgan fingerprint density at radius 2 is 1.57 bits per heavy atom. The molecule has 0 N–H and O–H groups in total. The van der Waals surface area contributed by atoms with Gasteiger partial charge in [-0.05, 0) is 82.1 Å². The minimum atomic E-state index is 0.796. The second-order valence-electron chi connectivity index (χ2n) is 7.99. The minimum Gasteiger partial charge on any atom is -0.303 e. The standard InChI is InChI=1S/C21H32N2/c1-2-7-18(8-3-1)19-11-15-22(16-12-19)17-20-9-6-14-23-13-5-4-10-21(20)23/h1-3,7-8,19-21H,4-6,9-17H2/t20-,21+/m0/s1. The van der Waals surface area contributed by atoms with E-state index in [1.165, 1.54) is 77.7 Å². The van der Waals surface area contributed by atoms with Gasteiger partial charge in [-0.2, -0.15) is 0 Å². The summed E-state index contributed by atoms with van der Waals surface area (Å²) in [6.45, 7) is 6.72. The van der Waals surface area contributed by atoms with E-state index in [9.17, 15) is 0 Å². The quantitative estimate of drug-likeness (QED) is 0.828. The summed E-state index contributed by atoms with van der Waals surface area (Å²) in [6, 6.07) is 12.1. The molecule has 2 nitrogen and oxygen atoms in total. The van der Waals surface area contributed by atoms with E-state index in [0.29, 0.717) is 0 Å². The van der Waals surface area contributed by atoms with Gasteiger partial charge in [-0.25, -0.2) is 0 Å². The lowest BCUT2D eigenvalue weighted by atomic mass is 9.82. The molecular formula is C21H32N2. The zero-order valence-electron chi connectivity index (χ0n) is 14.5. The molecule has 4 rings (SSSR count). The summed E-state index contributed by atoms with van der Waals surface area (Å²) < 4.78 is 0. The van der Waals surface area contributed by atoms with Crippen molar-refractivity contribution in [2.24, 2.45) is 5.92 Å². The average molecular weight is 313 g/mol. The van der Waals surface area contributed by atoms with Crippen LogP contribution in [0.25, 0.3) is 0 Å². The second kappa shape index (κ2) is 7.36. The molecule has 0 aromatic heterocycles. The predicted molar refractivity (Wildman–Crippen MR) is 96.8 cm³/mol. The summed E-state index contributed by atoms with van der Waals surface area (Å²) in [7, 11) is 0. The number of likely N-dealkylation sites (tertiary alicyclic amines) is 1. The van der Waals surface area contributed by atoms with Crippen molar-refractivity contribution in [1.29, 1.82) is 0 Å². The smallest absolute Gasteiger partial charge is 0.0136 e. The number of rotatable bonds is 3. The van der Waals surface area contributed by atoms with E-state index in [-0.39, 0.29) is 0 Å². The van der Waals surface area contributed by atoms with Crippen LogP contribution in [0.3, 0.4) is 0 Å². The van der Waals surface area contributed by atoms with E-state index in [0.717, 1.165) is 17.9 Å². The van der Waals surface area contributed by atoms with Gasteiger partial charge >= 0.3 is 0 Å².